The van der Waals surface area contributed by atoms with Crippen molar-refractivity contribution in [1.82, 2.24) is 34.6 Å². The van der Waals surface area contributed by atoms with E-state index in [0.717, 1.165) is 10.9 Å². The molecule has 3 aromatic heterocycles. The molecule has 0 unspecified atom stereocenters. The first-order valence-corrected chi connectivity index (χ1v) is 6.28. The molecular weight excluding hydrogens is 278 g/mol. The Morgan fingerprint density at radius 1 is 1.15 bits per heavy atom. The van der Waals surface area contributed by atoms with Crippen molar-refractivity contribution in [2.24, 2.45) is 7.05 Å². The van der Waals surface area contributed by atoms with E-state index >= 15 is 0 Å². The molecule has 0 radical (unpaired) electrons. The fourth-order valence-corrected chi connectivity index (χ4v) is 2.29. The predicted octanol–water partition coefficient (Wildman–Crippen LogP) is 1.73. The highest BCUT2D eigenvalue weighted by Gasteiger charge is 2.14. The number of rotatable bonds is 1. The summed E-state index contributed by atoms with van der Waals surface area (Å²) in [5.74, 6) is 0.471. The Bertz CT molecular complexity index is 939. The molecule has 0 aliphatic heterocycles. The van der Waals surface area contributed by atoms with Gasteiger partial charge in [-0.1, -0.05) is 17.3 Å². The zero-order chi connectivity index (χ0) is 13.7. The van der Waals surface area contributed by atoms with E-state index in [1.807, 2.05) is 24.3 Å². The minimum Gasteiger partial charge on any atom is -0.255 e. The summed E-state index contributed by atoms with van der Waals surface area (Å²) < 4.78 is 3.10. The molecule has 0 spiro atoms. The third-order valence-electron chi connectivity index (χ3n) is 2.97. The van der Waals surface area contributed by atoms with E-state index < -0.39 is 0 Å². The van der Waals surface area contributed by atoms with Gasteiger partial charge in [-0.05, 0) is 23.7 Å². The largest absolute Gasteiger partial charge is 0.255 e. The Morgan fingerprint density at radius 2 is 2.00 bits per heavy atom. The Hall–Kier alpha value is -2.54. The third-order valence-corrected chi connectivity index (χ3v) is 3.22. The molecule has 0 saturated heterocycles. The number of aryl methyl sites for hydroxylation is 1. The average molecular weight is 286 g/mol. The molecule has 3 heterocycles. The van der Waals surface area contributed by atoms with Crippen LogP contribution in [0.4, 0.5) is 0 Å². The van der Waals surface area contributed by atoms with E-state index in [1.165, 1.54) is 4.52 Å². The number of nitrogens with zero attached hydrogens (tertiary/aromatic N) is 7. The Labute approximate surface area is 117 Å². The fraction of sp³-hybridized carbons (Fsp3) is 0.0833. The summed E-state index contributed by atoms with van der Waals surface area (Å²) in [6, 6.07) is 7.65. The highest BCUT2D eigenvalue weighted by atomic mass is 35.5. The van der Waals surface area contributed by atoms with Crippen LogP contribution in [0.5, 0.6) is 0 Å². The van der Waals surface area contributed by atoms with Gasteiger partial charge in [-0.2, -0.15) is 4.52 Å². The first-order chi connectivity index (χ1) is 9.72. The second-order valence-corrected chi connectivity index (χ2v) is 4.68. The Morgan fingerprint density at radius 3 is 2.80 bits per heavy atom. The summed E-state index contributed by atoms with van der Waals surface area (Å²) >= 11 is 6.15. The highest BCUT2D eigenvalue weighted by Crippen LogP contribution is 2.22. The molecule has 7 nitrogen and oxygen atoms in total. The number of para-hydroxylation sites is 1. The number of benzene rings is 1. The maximum atomic E-state index is 6.15. The first kappa shape index (κ1) is 11.3. The highest BCUT2D eigenvalue weighted by molar-refractivity contribution is 6.29. The van der Waals surface area contributed by atoms with Gasteiger partial charge in [0.05, 0.1) is 11.7 Å². The predicted molar refractivity (Wildman–Crippen MR) is 73.3 cm³/mol. The van der Waals surface area contributed by atoms with Crippen molar-refractivity contribution in [3.63, 3.8) is 0 Å². The summed E-state index contributed by atoms with van der Waals surface area (Å²) in [5.41, 5.74) is 2.03. The van der Waals surface area contributed by atoms with Gasteiger partial charge in [0, 0.05) is 12.4 Å². The van der Waals surface area contributed by atoms with Gasteiger partial charge < -0.3 is 0 Å². The molecule has 1 aromatic carbocycles. The fourth-order valence-electron chi connectivity index (χ4n) is 2.08. The number of fused-ring (bicyclic) bond motifs is 3. The molecule has 0 fully saturated rings. The number of hydrogen-bond donors (Lipinski definition) is 0. The number of aromatic nitrogens is 7. The molecule has 0 atom stereocenters. The van der Waals surface area contributed by atoms with Crippen molar-refractivity contribution < 1.29 is 0 Å². The van der Waals surface area contributed by atoms with Crippen LogP contribution in [0.3, 0.4) is 0 Å². The van der Waals surface area contributed by atoms with Crippen LogP contribution < -0.4 is 0 Å². The van der Waals surface area contributed by atoms with E-state index in [-0.39, 0.29) is 5.28 Å². The van der Waals surface area contributed by atoms with Gasteiger partial charge >= 0.3 is 0 Å². The molecule has 0 bridgehead atoms. The second-order valence-electron chi connectivity index (χ2n) is 4.35. The van der Waals surface area contributed by atoms with Crippen molar-refractivity contribution in [1.29, 1.82) is 0 Å². The van der Waals surface area contributed by atoms with Crippen LogP contribution in [0.1, 0.15) is 0 Å². The molecule has 8 heteroatoms. The summed E-state index contributed by atoms with van der Waals surface area (Å²) in [7, 11) is 1.79. The lowest BCUT2D eigenvalue weighted by Gasteiger charge is -1.99. The summed E-state index contributed by atoms with van der Waals surface area (Å²) in [5, 5.41) is 13.4. The molecule has 98 valence electrons. The smallest absolute Gasteiger partial charge is 0.226 e. The van der Waals surface area contributed by atoms with Crippen LogP contribution in [-0.2, 0) is 7.05 Å². The SMILES string of the molecule is Cn1cc(-c2nc3c4ccccc4nc(Cl)n3n2)nn1. The van der Waals surface area contributed by atoms with Gasteiger partial charge in [0.25, 0.3) is 0 Å². The molecular formula is C12H8ClN7. The molecule has 4 rings (SSSR count). The minimum atomic E-state index is 0.265. The lowest BCUT2D eigenvalue weighted by molar-refractivity contribution is 0.715. The molecule has 0 aliphatic carbocycles. The normalized spacial score (nSPS) is 11.5. The molecule has 4 aromatic rings. The summed E-state index contributed by atoms with van der Waals surface area (Å²) in [6.45, 7) is 0. The summed E-state index contributed by atoms with van der Waals surface area (Å²) in [6.07, 6.45) is 1.75. The van der Waals surface area contributed by atoms with Crippen LogP contribution in [0.25, 0.3) is 28.1 Å². The lowest BCUT2D eigenvalue weighted by Crippen LogP contribution is -1.94. The Balaban J connectivity index is 2.07. The third kappa shape index (κ3) is 1.56. The zero-order valence-electron chi connectivity index (χ0n) is 10.4. The number of halogens is 1. The van der Waals surface area contributed by atoms with Crippen LogP contribution in [0.15, 0.2) is 30.5 Å². The standard InChI is InChI=1S/C12H8ClN7/c1-19-6-9(16-18-19)10-15-11-7-4-2-3-5-8(7)14-12(13)20(11)17-10/h2-6H,1H3. The minimum absolute atomic E-state index is 0.265. The topological polar surface area (TPSA) is 73.8 Å². The molecule has 20 heavy (non-hydrogen) atoms. The van der Waals surface area contributed by atoms with Crippen molar-refractivity contribution in [3.8, 4) is 11.5 Å². The van der Waals surface area contributed by atoms with E-state index in [1.54, 1.807) is 17.9 Å². The monoisotopic (exact) mass is 285 g/mol. The molecule has 0 aliphatic rings. The van der Waals surface area contributed by atoms with Gasteiger partial charge in [0.15, 0.2) is 11.3 Å². The van der Waals surface area contributed by atoms with Crippen molar-refractivity contribution >= 4 is 28.2 Å². The van der Waals surface area contributed by atoms with Gasteiger partial charge in [0.2, 0.25) is 11.1 Å². The van der Waals surface area contributed by atoms with Gasteiger partial charge in [-0.25, -0.2) is 9.97 Å². The van der Waals surface area contributed by atoms with Crippen molar-refractivity contribution in [3.05, 3.63) is 35.7 Å². The first-order valence-electron chi connectivity index (χ1n) is 5.90. The molecule has 0 saturated carbocycles. The van der Waals surface area contributed by atoms with E-state index in [4.69, 9.17) is 11.6 Å². The lowest BCUT2D eigenvalue weighted by atomic mass is 10.2. The van der Waals surface area contributed by atoms with Crippen LogP contribution >= 0.6 is 11.6 Å². The van der Waals surface area contributed by atoms with E-state index in [9.17, 15) is 0 Å². The summed E-state index contributed by atoms with van der Waals surface area (Å²) in [4.78, 5) is 8.80. The van der Waals surface area contributed by atoms with Gasteiger partial charge in [0.1, 0.15) is 0 Å². The molecule has 0 amide bonds. The Kier molecular flexibility index (Phi) is 2.25. The zero-order valence-corrected chi connectivity index (χ0v) is 11.2. The number of hydrogen-bond acceptors (Lipinski definition) is 5. The van der Waals surface area contributed by atoms with E-state index in [2.05, 4.69) is 25.4 Å². The van der Waals surface area contributed by atoms with Gasteiger partial charge in [-0.15, -0.1) is 10.2 Å². The average Bonchev–Trinajstić information content (AvgIpc) is 3.05. The van der Waals surface area contributed by atoms with Crippen molar-refractivity contribution in [2.45, 2.75) is 0 Å². The second kappa shape index (κ2) is 3.97. The van der Waals surface area contributed by atoms with Crippen LogP contribution in [0, 0.1) is 0 Å². The van der Waals surface area contributed by atoms with Gasteiger partial charge in [-0.3, -0.25) is 4.68 Å². The van der Waals surface area contributed by atoms with Crippen molar-refractivity contribution in [2.75, 3.05) is 0 Å². The maximum Gasteiger partial charge on any atom is 0.226 e. The maximum absolute atomic E-state index is 6.15. The molecule has 0 N–H and O–H groups in total. The van der Waals surface area contributed by atoms with E-state index in [0.29, 0.717) is 17.2 Å². The van der Waals surface area contributed by atoms with Crippen LogP contribution in [0.2, 0.25) is 5.28 Å². The quantitative estimate of drug-likeness (QED) is 0.498. The van der Waals surface area contributed by atoms with Crippen LogP contribution in [-0.4, -0.2) is 34.6 Å².